The third-order valence-corrected chi connectivity index (χ3v) is 3.66. The molecule has 0 fully saturated rings. The van der Waals surface area contributed by atoms with Crippen LogP contribution >= 0.6 is 0 Å². The lowest BCUT2D eigenvalue weighted by Crippen LogP contribution is -2.23. The van der Waals surface area contributed by atoms with E-state index in [1.807, 2.05) is 30.3 Å². The molecule has 3 aromatic rings. The second-order valence-corrected chi connectivity index (χ2v) is 5.10. The molecule has 3 rings (SSSR count). The average molecular weight is 321 g/mol. The lowest BCUT2D eigenvalue weighted by atomic mass is 10.1. The van der Waals surface area contributed by atoms with Gasteiger partial charge in [0.2, 0.25) is 0 Å². The number of carbonyl (C=O) groups excluding carboxylic acids is 1. The average Bonchev–Trinajstić information content (AvgIpc) is 3.00. The predicted molar refractivity (Wildman–Crippen MR) is 88.4 cm³/mol. The Kier molecular flexibility index (Phi) is 4.12. The number of aryl methyl sites for hydroxylation is 1. The Bertz CT molecular complexity index is 955. The minimum atomic E-state index is -0.340. The molecule has 24 heavy (non-hydrogen) atoms. The van der Waals surface area contributed by atoms with Gasteiger partial charge in [0.1, 0.15) is 12.3 Å². The molecule has 0 saturated heterocycles. The molecule has 1 amide bonds. The fourth-order valence-electron chi connectivity index (χ4n) is 2.51. The van der Waals surface area contributed by atoms with E-state index < -0.39 is 0 Å². The zero-order valence-corrected chi connectivity index (χ0v) is 13.3. The van der Waals surface area contributed by atoms with Gasteiger partial charge in [-0.05, 0) is 18.2 Å². The molecule has 0 aliphatic rings. The second kappa shape index (κ2) is 6.38. The van der Waals surface area contributed by atoms with Gasteiger partial charge in [-0.15, -0.1) is 0 Å². The minimum Gasteiger partial charge on any atom is -0.496 e. The largest absolute Gasteiger partial charge is 0.496 e. The van der Waals surface area contributed by atoms with Crippen molar-refractivity contribution in [2.24, 2.45) is 7.05 Å². The molecule has 0 bridgehead atoms. The van der Waals surface area contributed by atoms with E-state index in [1.54, 1.807) is 31.1 Å². The zero-order valence-electron chi connectivity index (χ0n) is 13.3. The number of carbonyl (C=O) groups is 1. The Labute approximate surface area is 138 Å². The number of rotatable bonds is 4. The van der Waals surface area contributed by atoms with Gasteiger partial charge in [-0.1, -0.05) is 12.1 Å². The maximum Gasteiger partial charge on any atom is 0.252 e. The molecule has 0 aliphatic carbocycles. The number of fused-ring (bicyclic) bond motifs is 1. The van der Waals surface area contributed by atoms with Crippen LogP contribution in [0.4, 0.5) is 0 Å². The summed E-state index contributed by atoms with van der Waals surface area (Å²) >= 11 is 0. The number of benzene rings is 1. The molecule has 0 unspecified atom stereocenters. The van der Waals surface area contributed by atoms with Crippen LogP contribution in [0.15, 0.2) is 36.5 Å². The highest BCUT2D eigenvalue weighted by molar-refractivity contribution is 6.06. The molecule has 2 heterocycles. The highest BCUT2D eigenvalue weighted by Gasteiger charge is 2.17. The number of nitrogens with one attached hydrogen (secondary N) is 1. The number of nitrogens with zero attached hydrogens (tertiary/aromatic N) is 4. The van der Waals surface area contributed by atoms with Crippen LogP contribution in [-0.2, 0) is 7.05 Å². The van der Waals surface area contributed by atoms with Gasteiger partial charge < -0.3 is 10.1 Å². The van der Waals surface area contributed by atoms with E-state index in [0.717, 1.165) is 5.56 Å². The van der Waals surface area contributed by atoms with E-state index in [-0.39, 0.29) is 12.5 Å². The van der Waals surface area contributed by atoms with Crippen molar-refractivity contribution >= 4 is 16.9 Å². The first kappa shape index (κ1) is 15.5. The maximum atomic E-state index is 12.4. The number of amides is 1. The van der Waals surface area contributed by atoms with Crippen molar-refractivity contribution in [3.05, 3.63) is 42.1 Å². The monoisotopic (exact) mass is 321 g/mol. The first-order valence-electron chi connectivity index (χ1n) is 7.27. The molecule has 0 aliphatic heterocycles. The Hall–Kier alpha value is -3.40. The van der Waals surface area contributed by atoms with Crippen LogP contribution in [0.5, 0.6) is 5.75 Å². The van der Waals surface area contributed by atoms with Gasteiger partial charge in [0, 0.05) is 12.6 Å². The van der Waals surface area contributed by atoms with E-state index in [1.165, 1.54) is 0 Å². The summed E-state index contributed by atoms with van der Waals surface area (Å²) < 4.78 is 6.99. The molecular formula is C17H15N5O2. The van der Waals surface area contributed by atoms with E-state index in [9.17, 15) is 4.79 Å². The lowest BCUT2D eigenvalue weighted by molar-refractivity contribution is 0.0960. The van der Waals surface area contributed by atoms with Gasteiger partial charge in [0.15, 0.2) is 5.65 Å². The first-order valence-corrected chi connectivity index (χ1v) is 7.27. The fourth-order valence-corrected chi connectivity index (χ4v) is 2.51. The van der Waals surface area contributed by atoms with Crippen LogP contribution < -0.4 is 10.1 Å². The summed E-state index contributed by atoms with van der Waals surface area (Å²) in [6.07, 6.45) is 1.59. The maximum absolute atomic E-state index is 12.4. The number of hydrogen-bond donors (Lipinski definition) is 1. The molecule has 7 nitrogen and oxygen atoms in total. The topological polar surface area (TPSA) is 92.8 Å². The van der Waals surface area contributed by atoms with Crippen molar-refractivity contribution in [1.29, 1.82) is 5.26 Å². The van der Waals surface area contributed by atoms with Gasteiger partial charge in [-0.25, -0.2) is 4.98 Å². The van der Waals surface area contributed by atoms with Crippen molar-refractivity contribution in [3.63, 3.8) is 0 Å². The molecule has 0 atom stereocenters. The Morgan fingerprint density at radius 1 is 1.42 bits per heavy atom. The molecular weight excluding hydrogens is 306 g/mol. The van der Waals surface area contributed by atoms with E-state index in [0.29, 0.717) is 28.0 Å². The van der Waals surface area contributed by atoms with E-state index >= 15 is 0 Å². The number of methoxy groups -OCH3 is 1. The lowest BCUT2D eigenvalue weighted by Gasteiger charge is -2.10. The number of hydrogen-bond acceptors (Lipinski definition) is 5. The zero-order chi connectivity index (χ0) is 17.1. The summed E-state index contributed by atoms with van der Waals surface area (Å²) in [6.45, 7) is -0.0626. The van der Waals surface area contributed by atoms with Crippen molar-refractivity contribution in [2.45, 2.75) is 0 Å². The third kappa shape index (κ3) is 2.65. The number of nitriles is 1. The summed E-state index contributed by atoms with van der Waals surface area (Å²) in [4.78, 5) is 17.0. The molecule has 1 N–H and O–H groups in total. The van der Waals surface area contributed by atoms with E-state index in [2.05, 4.69) is 15.4 Å². The summed E-state index contributed by atoms with van der Waals surface area (Å²) in [5.41, 5.74) is 2.38. The molecule has 7 heteroatoms. The Morgan fingerprint density at radius 2 is 2.21 bits per heavy atom. The highest BCUT2D eigenvalue weighted by atomic mass is 16.5. The second-order valence-electron chi connectivity index (χ2n) is 5.10. The van der Waals surface area contributed by atoms with Crippen molar-refractivity contribution < 1.29 is 9.53 Å². The van der Waals surface area contributed by atoms with Gasteiger partial charge >= 0.3 is 0 Å². The summed E-state index contributed by atoms with van der Waals surface area (Å²) in [6, 6.07) is 11.0. The number of pyridine rings is 1. The van der Waals surface area contributed by atoms with Crippen LogP contribution in [0.1, 0.15) is 10.4 Å². The van der Waals surface area contributed by atoms with Crippen LogP contribution in [0.3, 0.4) is 0 Å². The fraction of sp³-hybridized carbons (Fsp3) is 0.176. The SMILES string of the molecule is COc1ccccc1-c1cc(C(=O)NCC#N)c2cnn(C)c2n1. The van der Waals surface area contributed by atoms with Crippen LogP contribution in [-0.4, -0.2) is 34.3 Å². The van der Waals surface area contributed by atoms with Gasteiger partial charge in [-0.2, -0.15) is 10.4 Å². The Morgan fingerprint density at radius 3 is 2.96 bits per heavy atom. The van der Waals surface area contributed by atoms with Crippen molar-refractivity contribution in [3.8, 4) is 23.1 Å². The molecule has 0 radical (unpaired) electrons. The third-order valence-electron chi connectivity index (χ3n) is 3.66. The molecule has 2 aromatic heterocycles. The normalized spacial score (nSPS) is 10.4. The summed E-state index contributed by atoms with van der Waals surface area (Å²) in [5.74, 6) is 0.322. The minimum absolute atomic E-state index is 0.0626. The van der Waals surface area contributed by atoms with Gasteiger partial charge in [0.05, 0.1) is 36.0 Å². The van der Waals surface area contributed by atoms with Crippen LogP contribution in [0.25, 0.3) is 22.3 Å². The Balaban J connectivity index is 2.21. The van der Waals surface area contributed by atoms with Crippen LogP contribution in [0.2, 0.25) is 0 Å². The smallest absolute Gasteiger partial charge is 0.252 e. The molecule has 0 saturated carbocycles. The first-order chi connectivity index (χ1) is 11.7. The van der Waals surface area contributed by atoms with Crippen molar-refractivity contribution in [1.82, 2.24) is 20.1 Å². The van der Waals surface area contributed by atoms with Crippen LogP contribution in [0, 0.1) is 11.3 Å². The summed E-state index contributed by atoms with van der Waals surface area (Å²) in [7, 11) is 3.35. The van der Waals surface area contributed by atoms with Crippen molar-refractivity contribution in [2.75, 3.05) is 13.7 Å². The number of para-hydroxylation sites is 1. The number of ether oxygens (including phenoxy) is 1. The highest BCUT2D eigenvalue weighted by Crippen LogP contribution is 2.31. The standard InChI is InChI=1S/C17H15N5O2/c1-22-16-13(10-20-22)12(17(23)19-8-7-18)9-14(21-16)11-5-3-4-6-15(11)24-2/h3-6,9-10H,8H2,1-2H3,(H,19,23). The quantitative estimate of drug-likeness (QED) is 0.741. The molecule has 1 aromatic carbocycles. The number of aromatic nitrogens is 3. The van der Waals surface area contributed by atoms with E-state index in [4.69, 9.17) is 10.00 Å². The van der Waals surface area contributed by atoms with Gasteiger partial charge in [-0.3, -0.25) is 9.48 Å². The van der Waals surface area contributed by atoms with Gasteiger partial charge in [0.25, 0.3) is 5.91 Å². The molecule has 120 valence electrons. The summed E-state index contributed by atoms with van der Waals surface area (Å²) in [5, 5.41) is 16.0. The molecule has 0 spiro atoms. The predicted octanol–water partition coefficient (Wildman–Crippen LogP) is 1.90.